The third kappa shape index (κ3) is 2.56. The zero-order valence-electron chi connectivity index (χ0n) is 14.0. The molecule has 0 amide bonds. The predicted octanol–water partition coefficient (Wildman–Crippen LogP) is 4.12. The Morgan fingerprint density at radius 1 is 1.04 bits per heavy atom. The van der Waals surface area contributed by atoms with Gasteiger partial charge in [-0.1, -0.05) is 42.5 Å². The number of allylic oxidation sites excluding steroid dienone is 4. The van der Waals surface area contributed by atoms with Crippen molar-refractivity contribution in [2.75, 3.05) is 7.05 Å². The normalized spacial score (nSPS) is 20.6. The van der Waals surface area contributed by atoms with Crippen LogP contribution in [0.4, 0.5) is 14.5 Å². The molecule has 4 rings (SSSR count). The lowest BCUT2D eigenvalue weighted by Crippen LogP contribution is -2.37. The van der Waals surface area contributed by atoms with Crippen molar-refractivity contribution in [3.63, 3.8) is 0 Å². The molecule has 0 fully saturated rings. The highest BCUT2D eigenvalue weighted by Crippen LogP contribution is 2.40. The lowest BCUT2D eigenvalue weighted by Gasteiger charge is -2.28. The van der Waals surface area contributed by atoms with Crippen molar-refractivity contribution in [3.05, 3.63) is 84.0 Å². The molecule has 0 bridgehead atoms. The SMILES string of the molecule is C[N+]1=C2C=CC=CC2C(C(=O)Oc2c(F)cccc2F)c2ccccc21. The number of carbonyl (C=O) groups excluding carboxylic acids is 1. The summed E-state index contributed by atoms with van der Waals surface area (Å²) in [6.45, 7) is 0. The van der Waals surface area contributed by atoms with E-state index in [0.717, 1.165) is 29.1 Å². The Hall–Kier alpha value is -3.08. The second-order valence-electron chi connectivity index (χ2n) is 6.26. The average Bonchev–Trinajstić information content (AvgIpc) is 2.65. The van der Waals surface area contributed by atoms with Crippen LogP contribution < -0.4 is 4.74 Å². The maximum Gasteiger partial charge on any atom is 0.320 e. The van der Waals surface area contributed by atoms with Crippen LogP contribution >= 0.6 is 0 Å². The fraction of sp³-hybridized carbons (Fsp3) is 0.143. The summed E-state index contributed by atoms with van der Waals surface area (Å²) in [6.07, 6.45) is 7.60. The molecule has 26 heavy (non-hydrogen) atoms. The minimum absolute atomic E-state index is 0.262. The highest BCUT2D eigenvalue weighted by atomic mass is 19.1. The van der Waals surface area contributed by atoms with Crippen LogP contribution in [-0.4, -0.2) is 23.3 Å². The van der Waals surface area contributed by atoms with Crippen molar-refractivity contribution in [1.29, 1.82) is 0 Å². The van der Waals surface area contributed by atoms with Crippen LogP contribution in [0.25, 0.3) is 0 Å². The van der Waals surface area contributed by atoms with Crippen LogP contribution in [0.5, 0.6) is 5.75 Å². The van der Waals surface area contributed by atoms with Gasteiger partial charge in [-0.3, -0.25) is 4.79 Å². The van der Waals surface area contributed by atoms with Gasteiger partial charge in [0.15, 0.2) is 17.3 Å². The number of nitrogens with zero attached hydrogens (tertiary/aromatic N) is 1. The van der Waals surface area contributed by atoms with Gasteiger partial charge in [0.05, 0.1) is 5.92 Å². The zero-order valence-corrected chi connectivity index (χ0v) is 14.0. The van der Waals surface area contributed by atoms with Crippen LogP contribution in [0, 0.1) is 17.6 Å². The van der Waals surface area contributed by atoms with Crippen molar-refractivity contribution < 1.29 is 22.9 Å². The number of rotatable bonds is 2. The fourth-order valence-electron chi connectivity index (χ4n) is 3.57. The molecule has 5 heteroatoms. The summed E-state index contributed by atoms with van der Waals surface area (Å²) in [5, 5.41) is 0. The molecule has 2 atom stereocenters. The van der Waals surface area contributed by atoms with Gasteiger partial charge in [0.1, 0.15) is 13.0 Å². The van der Waals surface area contributed by atoms with Gasteiger partial charge in [-0.15, -0.1) is 0 Å². The first-order valence-corrected chi connectivity index (χ1v) is 8.28. The summed E-state index contributed by atoms with van der Waals surface area (Å²) < 4.78 is 35.0. The molecular formula is C21H16F2NO2+. The summed E-state index contributed by atoms with van der Waals surface area (Å²) in [6, 6.07) is 10.8. The molecule has 130 valence electrons. The zero-order chi connectivity index (χ0) is 18.3. The molecule has 0 N–H and O–H groups in total. The Balaban J connectivity index is 1.79. The Labute approximate surface area is 149 Å². The molecule has 0 saturated carbocycles. The standard InChI is InChI=1S/C21H16F2NO2/c1-24-17-11-4-2-7-13(17)19(14-8-3-5-12-18(14)24)21(25)26-20-15(22)9-6-10-16(20)23/h2-13,19H,1H3/q+1. The summed E-state index contributed by atoms with van der Waals surface area (Å²) in [4.78, 5) is 13.0. The molecule has 1 heterocycles. The molecule has 0 saturated heterocycles. The molecule has 0 radical (unpaired) electrons. The topological polar surface area (TPSA) is 29.3 Å². The number of benzene rings is 2. The number of fused-ring (bicyclic) bond motifs is 2. The number of ether oxygens (including phenoxy) is 1. The van der Waals surface area contributed by atoms with Crippen molar-refractivity contribution >= 4 is 17.4 Å². The maximum atomic E-state index is 13.9. The Morgan fingerprint density at radius 2 is 1.77 bits per heavy atom. The molecule has 2 aromatic rings. The molecular weight excluding hydrogens is 336 g/mol. The molecule has 2 unspecified atom stereocenters. The van der Waals surface area contributed by atoms with E-state index in [4.69, 9.17) is 4.74 Å². The lowest BCUT2D eigenvalue weighted by molar-refractivity contribution is -0.410. The molecule has 2 aliphatic rings. The Bertz CT molecular complexity index is 971. The van der Waals surface area contributed by atoms with E-state index in [1.165, 1.54) is 6.07 Å². The van der Waals surface area contributed by atoms with Gasteiger partial charge in [-0.2, -0.15) is 4.58 Å². The predicted molar refractivity (Wildman–Crippen MR) is 93.8 cm³/mol. The van der Waals surface area contributed by atoms with E-state index in [2.05, 4.69) is 0 Å². The van der Waals surface area contributed by atoms with Crippen molar-refractivity contribution in [1.82, 2.24) is 0 Å². The number of hydrogen-bond acceptors (Lipinski definition) is 2. The van der Waals surface area contributed by atoms with E-state index in [-0.39, 0.29) is 5.92 Å². The monoisotopic (exact) mass is 352 g/mol. The van der Waals surface area contributed by atoms with E-state index in [1.807, 2.05) is 60.2 Å². The number of carbonyl (C=O) groups is 1. The van der Waals surface area contributed by atoms with Gasteiger partial charge in [0, 0.05) is 17.7 Å². The highest BCUT2D eigenvalue weighted by molar-refractivity contribution is 6.02. The van der Waals surface area contributed by atoms with E-state index in [0.29, 0.717) is 0 Å². The van der Waals surface area contributed by atoms with Gasteiger partial charge in [0.2, 0.25) is 11.4 Å². The summed E-state index contributed by atoms with van der Waals surface area (Å²) in [5.74, 6) is -4.09. The van der Waals surface area contributed by atoms with Gasteiger partial charge in [-0.05, 0) is 12.1 Å². The molecule has 3 nitrogen and oxygen atoms in total. The quantitative estimate of drug-likeness (QED) is 0.462. The van der Waals surface area contributed by atoms with E-state index >= 15 is 0 Å². The second-order valence-corrected chi connectivity index (χ2v) is 6.26. The van der Waals surface area contributed by atoms with Gasteiger partial charge < -0.3 is 4.74 Å². The van der Waals surface area contributed by atoms with Crippen LogP contribution in [-0.2, 0) is 4.79 Å². The molecule has 0 aromatic heterocycles. The van der Waals surface area contributed by atoms with Gasteiger partial charge in [-0.25, -0.2) is 8.78 Å². The summed E-state index contributed by atoms with van der Waals surface area (Å²) in [5.41, 5.74) is 2.57. The van der Waals surface area contributed by atoms with E-state index < -0.39 is 29.3 Å². The number of para-hydroxylation sites is 2. The smallest absolute Gasteiger partial charge is 0.320 e. The minimum Gasteiger partial charge on any atom is -0.420 e. The summed E-state index contributed by atoms with van der Waals surface area (Å²) >= 11 is 0. The maximum absolute atomic E-state index is 13.9. The largest absolute Gasteiger partial charge is 0.420 e. The third-order valence-corrected chi connectivity index (χ3v) is 4.79. The van der Waals surface area contributed by atoms with Crippen LogP contribution in [0.15, 0.2) is 66.8 Å². The highest BCUT2D eigenvalue weighted by Gasteiger charge is 2.44. The first kappa shape index (κ1) is 16.4. The first-order chi connectivity index (χ1) is 12.6. The fourth-order valence-corrected chi connectivity index (χ4v) is 3.57. The van der Waals surface area contributed by atoms with E-state index in [1.54, 1.807) is 0 Å². The number of halogens is 2. The Kier molecular flexibility index (Phi) is 3.99. The first-order valence-electron chi connectivity index (χ1n) is 8.28. The number of hydrogen-bond donors (Lipinski definition) is 0. The van der Waals surface area contributed by atoms with Gasteiger partial charge >= 0.3 is 5.97 Å². The third-order valence-electron chi connectivity index (χ3n) is 4.79. The minimum atomic E-state index is -0.900. The summed E-state index contributed by atoms with van der Waals surface area (Å²) in [7, 11) is 1.93. The number of esters is 1. The van der Waals surface area contributed by atoms with Crippen molar-refractivity contribution in [2.24, 2.45) is 5.92 Å². The van der Waals surface area contributed by atoms with Crippen LogP contribution in [0.2, 0.25) is 0 Å². The average molecular weight is 352 g/mol. The molecule has 0 spiro atoms. The second kappa shape index (κ2) is 6.33. The molecule has 1 aliphatic carbocycles. The van der Waals surface area contributed by atoms with Crippen LogP contribution in [0.1, 0.15) is 11.5 Å². The molecule has 2 aromatic carbocycles. The van der Waals surface area contributed by atoms with Crippen LogP contribution in [0.3, 0.4) is 0 Å². The van der Waals surface area contributed by atoms with Crippen molar-refractivity contribution in [3.8, 4) is 5.75 Å². The molecule has 1 aliphatic heterocycles. The Morgan fingerprint density at radius 3 is 2.54 bits per heavy atom. The van der Waals surface area contributed by atoms with E-state index in [9.17, 15) is 13.6 Å². The lowest BCUT2D eigenvalue weighted by atomic mass is 9.77. The van der Waals surface area contributed by atoms with Gasteiger partial charge in [0.25, 0.3) is 0 Å². The van der Waals surface area contributed by atoms with Crippen molar-refractivity contribution in [2.45, 2.75) is 5.92 Å².